The normalized spacial score (nSPS) is 21.9. The third kappa shape index (κ3) is 3.75. The zero-order chi connectivity index (χ0) is 15.4. The van der Waals surface area contributed by atoms with Gasteiger partial charge in [-0.2, -0.15) is 0 Å². The van der Waals surface area contributed by atoms with Crippen molar-refractivity contribution in [3.8, 4) is 5.75 Å². The molecule has 2 aliphatic rings. The average Bonchev–Trinajstić information content (AvgIpc) is 3.38. The summed E-state index contributed by atoms with van der Waals surface area (Å²) in [7, 11) is 0. The lowest BCUT2D eigenvalue weighted by atomic mass is 9.98. The highest BCUT2D eigenvalue weighted by Crippen LogP contribution is 2.35. The molecule has 1 aliphatic heterocycles. The molecule has 1 aromatic rings. The van der Waals surface area contributed by atoms with Crippen LogP contribution in [0.5, 0.6) is 5.75 Å². The molecule has 3 rings (SSSR count). The second-order valence-corrected chi connectivity index (χ2v) is 6.64. The SMILES string of the molecule is CCOc1cc(CNC2CC2)ccc1N1CCCCC1CC. The van der Waals surface area contributed by atoms with Gasteiger partial charge in [0.05, 0.1) is 12.3 Å². The Kier molecular flexibility index (Phi) is 5.24. The highest BCUT2D eigenvalue weighted by atomic mass is 16.5. The Morgan fingerprint density at radius 3 is 2.77 bits per heavy atom. The number of benzene rings is 1. The van der Waals surface area contributed by atoms with Crippen LogP contribution in [0.4, 0.5) is 5.69 Å². The molecule has 0 aromatic heterocycles. The van der Waals surface area contributed by atoms with E-state index in [0.29, 0.717) is 6.04 Å². The third-order valence-corrected chi connectivity index (χ3v) is 4.90. The first kappa shape index (κ1) is 15.7. The van der Waals surface area contributed by atoms with E-state index in [9.17, 15) is 0 Å². The third-order valence-electron chi connectivity index (χ3n) is 4.90. The first-order chi connectivity index (χ1) is 10.8. The fourth-order valence-corrected chi connectivity index (χ4v) is 3.47. The second kappa shape index (κ2) is 7.36. The number of rotatable bonds is 7. The lowest BCUT2D eigenvalue weighted by molar-refractivity contribution is 0.336. The van der Waals surface area contributed by atoms with Crippen LogP contribution in [0.1, 0.15) is 57.9 Å². The van der Waals surface area contributed by atoms with E-state index < -0.39 is 0 Å². The van der Waals surface area contributed by atoms with E-state index in [-0.39, 0.29) is 0 Å². The minimum atomic E-state index is 0.670. The van der Waals surface area contributed by atoms with Crippen LogP contribution in [0, 0.1) is 0 Å². The molecule has 1 saturated carbocycles. The van der Waals surface area contributed by atoms with Gasteiger partial charge < -0.3 is 15.0 Å². The largest absolute Gasteiger partial charge is 0.492 e. The van der Waals surface area contributed by atoms with E-state index in [1.54, 1.807) is 0 Å². The highest BCUT2D eigenvalue weighted by molar-refractivity contribution is 5.60. The van der Waals surface area contributed by atoms with Crippen molar-refractivity contribution in [3.63, 3.8) is 0 Å². The summed E-state index contributed by atoms with van der Waals surface area (Å²) < 4.78 is 5.98. The molecule has 122 valence electrons. The van der Waals surface area contributed by atoms with Crippen LogP contribution in [0.15, 0.2) is 18.2 Å². The van der Waals surface area contributed by atoms with E-state index >= 15 is 0 Å². The lowest BCUT2D eigenvalue weighted by Gasteiger charge is -2.38. The second-order valence-electron chi connectivity index (χ2n) is 6.64. The van der Waals surface area contributed by atoms with Crippen molar-refractivity contribution in [2.45, 2.75) is 71.0 Å². The van der Waals surface area contributed by atoms with E-state index in [1.807, 2.05) is 0 Å². The van der Waals surface area contributed by atoms with Crippen LogP contribution in [-0.4, -0.2) is 25.2 Å². The number of piperidine rings is 1. The first-order valence-corrected chi connectivity index (χ1v) is 9.07. The monoisotopic (exact) mass is 302 g/mol. The quantitative estimate of drug-likeness (QED) is 0.820. The van der Waals surface area contributed by atoms with Crippen molar-refractivity contribution in [3.05, 3.63) is 23.8 Å². The molecule has 1 saturated heterocycles. The minimum absolute atomic E-state index is 0.670. The molecule has 1 aromatic carbocycles. The van der Waals surface area contributed by atoms with Gasteiger partial charge in [-0.25, -0.2) is 0 Å². The van der Waals surface area contributed by atoms with E-state index in [4.69, 9.17) is 4.74 Å². The van der Waals surface area contributed by atoms with Crippen LogP contribution in [0.25, 0.3) is 0 Å². The van der Waals surface area contributed by atoms with Gasteiger partial charge in [0.15, 0.2) is 0 Å². The predicted molar refractivity (Wildman–Crippen MR) is 92.7 cm³/mol. The molecular formula is C19H30N2O. The molecular weight excluding hydrogens is 272 g/mol. The summed E-state index contributed by atoms with van der Waals surface area (Å²) in [4.78, 5) is 2.58. The average molecular weight is 302 g/mol. The summed E-state index contributed by atoms with van der Waals surface area (Å²) in [6.07, 6.45) is 7.86. The van der Waals surface area contributed by atoms with Gasteiger partial charge in [0.25, 0.3) is 0 Å². The predicted octanol–water partition coefficient (Wildman–Crippen LogP) is 4.11. The summed E-state index contributed by atoms with van der Waals surface area (Å²) in [6, 6.07) is 8.22. The van der Waals surface area contributed by atoms with Crippen molar-refractivity contribution in [1.29, 1.82) is 0 Å². The number of nitrogens with zero attached hydrogens (tertiary/aromatic N) is 1. The summed E-state index contributed by atoms with van der Waals surface area (Å²) in [5.41, 5.74) is 2.63. The van der Waals surface area contributed by atoms with Crippen molar-refractivity contribution in [2.24, 2.45) is 0 Å². The highest BCUT2D eigenvalue weighted by Gasteiger charge is 2.24. The smallest absolute Gasteiger partial charge is 0.142 e. The molecule has 3 heteroatoms. The summed E-state index contributed by atoms with van der Waals surface area (Å²) in [5.74, 6) is 1.07. The fraction of sp³-hybridized carbons (Fsp3) is 0.684. The van der Waals surface area contributed by atoms with Gasteiger partial charge in [-0.15, -0.1) is 0 Å². The van der Waals surface area contributed by atoms with Crippen LogP contribution < -0.4 is 15.0 Å². The maximum Gasteiger partial charge on any atom is 0.142 e. The molecule has 22 heavy (non-hydrogen) atoms. The topological polar surface area (TPSA) is 24.5 Å². The number of hydrogen-bond acceptors (Lipinski definition) is 3. The molecule has 1 heterocycles. The van der Waals surface area contributed by atoms with Crippen molar-refractivity contribution in [1.82, 2.24) is 5.32 Å². The number of anilines is 1. The van der Waals surface area contributed by atoms with E-state index in [2.05, 4.69) is 42.3 Å². The number of hydrogen-bond donors (Lipinski definition) is 1. The van der Waals surface area contributed by atoms with Crippen LogP contribution in [-0.2, 0) is 6.54 Å². The van der Waals surface area contributed by atoms with Gasteiger partial charge in [-0.05, 0) is 63.1 Å². The molecule has 1 N–H and O–H groups in total. The zero-order valence-corrected chi connectivity index (χ0v) is 14.1. The van der Waals surface area contributed by atoms with E-state index in [1.165, 1.54) is 49.8 Å². The summed E-state index contributed by atoms with van der Waals surface area (Å²) >= 11 is 0. The van der Waals surface area contributed by atoms with Gasteiger partial charge in [-0.3, -0.25) is 0 Å². The summed E-state index contributed by atoms with van der Waals surface area (Å²) in [6.45, 7) is 7.24. The van der Waals surface area contributed by atoms with Gasteiger partial charge in [0.2, 0.25) is 0 Å². The molecule has 0 bridgehead atoms. The Morgan fingerprint density at radius 1 is 1.18 bits per heavy atom. The van der Waals surface area contributed by atoms with Crippen molar-refractivity contribution in [2.75, 3.05) is 18.1 Å². The zero-order valence-electron chi connectivity index (χ0n) is 14.1. The molecule has 1 atom stereocenters. The van der Waals surface area contributed by atoms with Gasteiger partial charge in [-0.1, -0.05) is 13.0 Å². The van der Waals surface area contributed by atoms with Crippen molar-refractivity contribution < 1.29 is 4.74 Å². The lowest BCUT2D eigenvalue weighted by Crippen LogP contribution is -2.39. The van der Waals surface area contributed by atoms with Crippen LogP contribution in [0.3, 0.4) is 0 Å². The Hall–Kier alpha value is -1.22. The molecule has 0 radical (unpaired) electrons. The molecule has 0 amide bonds. The Balaban J connectivity index is 1.78. The van der Waals surface area contributed by atoms with Crippen LogP contribution >= 0.6 is 0 Å². The number of nitrogens with one attached hydrogen (secondary N) is 1. The van der Waals surface area contributed by atoms with Gasteiger partial charge >= 0.3 is 0 Å². The van der Waals surface area contributed by atoms with Crippen molar-refractivity contribution >= 4 is 5.69 Å². The molecule has 1 unspecified atom stereocenters. The molecule has 1 aliphatic carbocycles. The van der Waals surface area contributed by atoms with E-state index in [0.717, 1.165) is 31.5 Å². The van der Waals surface area contributed by atoms with Crippen LogP contribution in [0.2, 0.25) is 0 Å². The Morgan fingerprint density at radius 2 is 2.05 bits per heavy atom. The molecule has 0 spiro atoms. The maximum atomic E-state index is 5.98. The summed E-state index contributed by atoms with van der Waals surface area (Å²) in [5, 5.41) is 3.59. The fourth-order valence-electron chi connectivity index (χ4n) is 3.47. The Labute approximate surface area is 135 Å². The molecule has 3 nitrogen and oxygen atoms in total. The first-order valence-electron chi connectivity index (χ1n) is 9.07. The maximum absolute atomic E-state index is 5.98. The van der Waals surface area contributed by atoms with Gasteiger partial charge in [0.1, 0.15) is 5.75 Å². The molecule has 2 fully saturated rings. The standard InChI is InChI=1S/C19H30N2O/c1-3-17-7-5-6-12-21(17)18-11-8-15(13-19(18)22-4-2)14-20-16-9-10-16/h8,11,13,16-17,20H,3-7,9-10,12,14H2,1-2H3. The van der Waals surface area contributed by atoms with Gasteiger partial charge in [0, 0.05) is 25.2 Å². The Bertz CT molecular complexity index is 484. The minimum Gasteiger partial charge on any atom is -0.492 e. The number of ether oxygens (including phenoxy) is 1.